The first-order chi connectivity index (χ1) is 11.6. The molecule has 8 nitrogen and oxygen atoms in total. The van der Waals surface area contributed by atoms with E-state index in [1.165, 1.54) is 18.3 Å². The fourth-order valence-corrected chi connectivity index (χ4v) is 2.48. The number of nitrogens with zero attached hydrogens (tertiary/aromatic N) is 3. The predicted molar refractivity (Wildman–Crippen MR) is 82.8 cm³/mol. The summed E-state index contributed by atoms with van der Waals surface area (Å²) < 4.78 is 5.35. The summed E-state index contributed by atoms with van der Waals surface area (Å²) in [5.41, 5.74) is 0.789. The molecular weight excluding hydrogens is 314 g/mol. The second kappa shape index (κ2) is 6.45. The number of carbonyl (C=O) groups excluding carboxylic acids is 2. The van der Waals surface area contributed by atoms with E-state index in [2.05, 4.69) is 4.98 Å². The minimum Gasteiger partial charge on any atom is -0.486 e. The Morgan fingerprint density at radius 2 is 1.75 bits per heavy atom. The van der Waals surface area contributed by atoms with Crippen LogP contribution < -0.4 is 4.74 Å². The lowest BCUT2D eigenvalue weighted by Gasteiger charge is -2.13. The summed E-state index contributed by atoms with van der Waals surface area (Å²) in [6, 6.07) is 9.63. The van der Waals surface area contributed by atoms with Gasteiger partial charge in [0.1, 0.15) is 6.20 Å². The van der Waals surface area contributed by atoms with Gasteiger partial charge in [-0.05, 0) is 40.6 Å². The molecule has 0 unspecified atom stereocenters. The van der Waals surface area contributed by atoms with Gasteiger partial charge in [-0.3, -0.25) is 14.5 Å². The van der Waals surface area contributed by atoms with Gasteiger partial charge in [0.05, 0.1) is 17.7 Å². The lowest BCUT2D eigenvalue weighted by Crippen LogP contribution is -2.31. The fourth-order valence-electron chi connectivity index (χ4n) is 2.48. The third kappa shape index (κ3) is 2.81. The minimum absolute atomic E-state index is 0.0601. The number of aromatic nitrogens is 1. The number of ether oxygens (including phenoxy) is 1. The van der Waals surface area contributed by atoms with E-state index in [9.17, 15) is 19.7 Å². The van der Waals surface area contributed by atoms with E-state index in [-0.39, 0.29) is 36.5 Å². The van der Waals surface area contributed by atoms with E-state index in [0.29, 0.717) is 17.5 Å². The molecule has 1 aliphatic rings. The van der Waals surface area contributed by atoms with Crippen LogP contribution in [0.25, 0.3) is 0 Å². The van der Waals surface area contributed by atoms with Gasteiger partial charge in [-0.2, -0.15) is 0 Å². The van der Waals surface area contributed by atoms with Crippen LogP contribution in [0.15, 0.2) is 42.6 Å². The highest BCUT2D eigenvalue weighted by atomic mass is 16.6. The number of amides is 2. The fraction of sp³-hybridized carbons (Fsp3) is 0.188. The average molecular weight is 327 g/mol. The van der Waals surface area contributed by atoms with E-state index in [0.717, 1.165) is 4.90 Å². The molecule has 1 aromatic carbocycles. The minimum atomic E-state index is -0.626. The highest BCUT2D eigenvalue weighted by molar-refractivity contribution is 6.21. The van der Waals surface area contributed by atoms with Crippen molar-refractivity contribution in [3.8, 4) is 5.75 Å². The number of imide groups is 1. The molecule has 2 aromatic rings. The van der Waals surface area contributed by atoms with Crippen molar-refractivity contribution in [2.24, 2.45) is 0 Å². The molecule has 0 spiro atoms. The summed E-state index contributed by atoms with van der Waals surface area (Å²) in [7, 11) is 0. The van der Waals surface area contributed by atoms with Gasteiger partial charge in [0, 0.05) is 6.54 Å². The molecule has 1 aliphatic heterocycles. The Morgan fingerprint density at radius 3 is 2.38 bits per heavy atom. The molecule has 0 atom stereocenters. The Labute approximate surface area is 136 Å². The monoisotopic (exact) mass is 327 g/mol. The normalized spacial score (nSPS) is 13.1. The standard InChI is InChI=1S/C16H13N3O5/c20-15-11-5-1-2-6-12(11)16(21)18(15)9-4-10-24-13-7-3-8-17-14(13)19(22)23/h1-3,5-8H,4,9-10H2. The Balaban J connectivity index is 1.58. The third-order valence-electron chi connectivity index (χ3n) is 3.59. The maximum Gasteiger partial charge on any atom is 0.406 e. The van der Waals surface area contributed by atoms with Crippen molar-refractivity contribution in [1.29, 1.82) is 0 Å². The molecule has 0 aliphatic carbocycles. The van der Waals surface area contributed by atoms with Crippen LogP contribution in [-0.2, 0) is 0 Å². The lowest BCUT2D eigenvalue weighted by molar-refractivity contribution is -0.390. The smallest absolute Gasteiger partial charge is 0.406 e. The number of pyridine rings is 1. The molecule has 0 radical (unpaired) electrons. The molecule has 8 heteroatoms. The van der Waals surface area contributed by atoms with Gasteiger partial charge in [0.15, 0.2) is 0 Å². The number of hydrogen-bond acceptors (Lipinski definition) is 6. The average Bonchev–Trinajstić information content (AvgIpc) is 2.84. The summed E-state index contributed by atoms with van der Waals surface area (Å²) in [6.07, 6.45) is 1.67. The summed E-state index contributed by atoms with van der Waals surface area (Å²) in [6.45, 7) is 0.306. The van der Waals surface area contributed by atoms with E-state index in [4.69, 9.17) is 4.74 Å². The Hall–Kier alpha value is -3.29. The van der Waals surface area contributed by atoms with Gasteiger partial charge < -0.3 is 14.9 Å². The second-order valence-electron chi connectivity index (χ2n) is 5.09. The summed E-state index contributed by atoms with van der Waals surface area (Å²) in [5.74, 6) is -0.964. The van der Waals surface area contributed by atoms with Crippen LogP contribution in [0.1, 0.15) is 27.1 Å². The topological polar surface area (TPSA) is 103 Å². The second-order valence-corrected chi connectivity index (χ2v) is 5.09. The first-order valence-electron chi connectivity index (χ1n) is 7.27. The molecule has 122 valence electrons. The number of benzene rings is 1. The zero-order chi connectivity index (χ0) is 17.1. The van der Waals surface area contributed by atoms with Crippen molar-refractivity contribution in [3.63, 3.8) is 0 Å². The number of carbonyl (C=O) groups is 2. The van der Waals surface area contributed by atoms with Crippen molar-refractivity contribution in [1.82, 2.24) is 9.88 Å². The van der Waals surface area contributed by atoms with Crippen LogP contribution in [0.5, 0.6) is 5.75 Å². The number of fused-ring (bicyclic) bond motifs is 1. The number of hydrogen-bond donors (Lipinski definition) is 0. The third-order valence-corrected chi connectivity index (χ3v) is 3.59. The van der Waals surface area contributed by atoms with Crippen molar-refractivity contribution in [2.75, 3.05) is 13.2 Å². The van der Waals surface area contributed by atoms with Gasteiger partial charge in [-0.25, -0.2) is 0 Å². The zero-order valence-corrected chi connectivity index (χ0v) is 12.5. The first-order valence-corrected chi connectivity index (χ1v) is 7.27. The van der Waals surface area contributed by atoms with E-state index in [1.807, 2.05) is 0 Å². The molecule has 0 saturated heterocycles. The maximum absolute atomic E-state index is 12.2. The van der Waals surface area contributed by atoms with Crippen LogP contribution in [0, 0.1) is 10.1 Å². The molecule has 1 aromatic heterocycles. The van der Waals surface area contributed by atoms with Gasteiger partial charge in [0.25, 0.3) is 11.8 Å². The zero-order valence-electron chi connectivity index (χ0n) is 12.5. The van der Waals surface area contributed by atoms with Crippen molar-refractivity contribution >= 4 is 17.6 Å². The Morgan fingerprint density at radius 1 is 1.08 bits per heavy atom. The predicted octanol–water partition coefficient (Wildman–Crippen LogP) is 2.05. The highest BCUT2D eigenvalue weighted by Gasteiger charge is 2.34. The molecular formula is C16H13N3O5. The molecule has 3 rings (SSSR count). The molecule has 24 heavy (non-hydrogen) atoms. The molecule has 2 amide bonds. The van der Waals surface area contributed by atoms with Crippen LogP contribution in [0.4, 0.5) is 5.82 Å². The number of rotatable bonds is 6. The van der Waals surface area contributed by atoms with E-state index in [1.54, 1.807) is 24.3 Å². The quantitative estimate of drug-likeness (QED) is 0.348. The van der Waals surface area contributed by atoms with Crippen LogP contribution in [-0.4, -0.2) is 39.8 Å². The van der Waals surface area contributed by atoms with Crippen molar-refractivity contribution < 1.29 is 19.2 Å². The molecule has 0 saturated carbocycles. The van der Waals surface area contributed by atoms with E-state index < -0.39 is 4.92 Å². The lowest BCUT2D eigenvalue weighted by atomic mass is 10.1. The molecule has 2 heterocycles. The highest BCUT2D eigenvalue weighted by Crippen LogP contribution is 2.24. The summed E-state index contributed by atoms with van der Waals surface area (Å²) in [4.78, 5) is 39.4. The first kappa shape index (κ1) is 15.6. The molecule has 0 N–H and O–H groups in total. The number of nitro groups is 1. The Bertz CT molecular complexity index is 786. The SMILES string of the molecule is O=C1c2ccccc2C(=O)N1CCCOc1cccnc1[N+](=O)[O-]. The van der Waals surface area contributed by atoms with Gasteiger partial charge in [-0.1, -0.05) is 12.1 Å². The van der Waals surface area contributed by atoms with Gasteiger partial charge in [0.2, 0.25) is 5.75 Å². The van der Waals surface area contributed by atoms with Crippen molar-refractivity contribution in [3.05, 3.63) is 63.8 Å². The van der Waals surface area contributed by atoms with E-state index >= 15 is 0 Å². The van der Waals surface area contributed by atoms with Gasteiger partial charge in [-0.15, -0.1) is 0 Å². The summed E-state index contributed by atoms with van der Waals surface area (Å²) >= 11 is 0. The molecule has 0 fully saturated rings. The van der Waals surface area contributed by atoms with Crippen LogP contribution >= 0.6 is 0 Å². The largest absolute Gasteiger partial charge is 0.486 e. The molecule has 0 bridgehead atoms. The maximum atomic E-state index is 12.2. The van der Waals surface area contributed by atoms with Crippen molar-refractivity contribution in [2.45, 2.75) is 6.42 Å². The van der Waals surface area contributed by atoms with Crippen LogP contribution in [0.3, 0.4) is 0 Å². The summed E-state index contributed by atoms with van der Waals surface area (Å²) in [5, 5.41) is 10.8. The van der Waals surface area contributed by atoms with Crippen LogP contribution in [0.2, 0.25) is 0 Å². The Kier molecular flexibility index (Phi) is 4.19. The van der Waals surface area contributed by atoms with Gasteiger partial charge >= 0.3 is 5.82 Å².